The van der Waals surface area contributed by atoms with Crippen molar-refractivity contribution in [3.05, 3.63) is 71.4 Å². The number of aryl methyl sites for hydroxylation is 1. The number of para-hydroxylation sites is 1. The molecule has 1 amide bonds. The number of aromatic nitrogens is 2. The standard InChI is InChI=1S/C20H22N4O5S/c1-14-22-19(23-29-14)13-28-17-10-6-5-9-16(17)20(25)21-12-15-8-4-7-11-18(15)30(26,27)24(2)3/h4-11H,12-13H2,1-3H3,(H,21,25). The molecule has 0 atom stereocenters. The van der Waals surface area contributed by atoms with Gasteiger partial charge in [0.2, 0.25) is 21.7 Å². The van der Waals surface area contributed by atoms with Crippen molar-refractivity contribution in [3.63, 3.8) is 0 Å². The first-order valence-electron chi connectivity index (χ1n) is 9.08. The van der Waals surface area contributed by atoms with E-state index in [1.165, 1.54) is 20.2 Å². The van der Waals surface area contributed by atoms with E-state index in [1.807, 2.05) is 0 Å². The van der Waals surface area contributed by atoms with Gasteiger partial charge in [0.15, 0.2) is 6.61 Å². The Balaban J connectivity index is 1.74. The molecule has 1 heterocycles. The van der Waals surface area contributed by atoms with Gasteiger partial charge in [0.05, 0.1) is 10.5 Å². The zero-order valence-corrected chi connectivity index (χ0v) is 17.6. The first-order chi connectivity index (χ1) is 14.3. The lowest BCUT2D eigenvalue weighted by Crippen LogP contribution is -2.27. The highest BCUT2D eigenvalue weighted by molar-refractivity contribution is 7.89. The molecule has 3 rings (SSSR count). The topological polar surface area (TPSA) is 115 Å². The molecule has 10 heteroatoms. The highest BCUT2D eigenvalue weighted by Gasteiger charge is 2.21. The average molecular weight is 430 g/mol. The Morgan fingerprint density at radius 1 is 1.13 bits per heavy atom. The zero-order chi connectivity index (χ0) is 21.7. The number of benzene rings is 2. The summed E-state index contributed by atoms with van der Waals surface area (Å²) in [6.07, 6.45) is 0. The Labute approximate surface area is 174 Å². The van der Waals surface area contributed by atoms with Gasteiger partial charge >= 0.3 is 0 Å². The van der Waals surface area contributed by atoms with E-state index in [4.69, 9.17) is 9.26 Å². The van der Waals surface area contributed by atoms with Crippen LogP contribution in [0.5, 0.6) is 5.75 Å². The molecule has 0 aliphatic rings. The summed E-state index contributed by atoms with van der Waals surface area (Å²) >= 11 is 0. The number of ether oxygens (including phenoxy) is 1. The average Bonchev–Trinajstić information content (AvgIpc) is 3.16. The number of amides is 1. The molecular weight excluding hydrogens is 408 g/mol. The number of carbonyl (C=O) groups is 1. The predicted molar refractivity (Wildman–Crippen MR) is 108 cm³/mol. The molecule has 3 aromatic rings. The van der Waals surface area contributed by atoms with E-state index < -0.39 is 15.9 Å². The molecule has 0 saturated heterocycles. The van der Waals surface area contributed by atoms with Gasteiger partial charge in [-0.15, -0.1) is 0 Å². The first-order valence-corrected chi connectivity index (χ1v) is 10.5. The van der Waals surface area contributed by atoms with Gasteiger partial charge in [0, 0.05) is 27.6 Å². The predicted octanol–water partition coefficient (Wildman–Crippen LogP) is 2.14. The van der Waals surface area contributed by atoms with E-state index in [0.717, 1.165) is 4.31 Å². The third kappa shape index (κ3) is 4.84. The maximum atomic E-state index is 12.7. The fourth-order valence-electron chi connectivity index (χ4n) is 2.69. The lowest BCUT2D eigenvalue weighted by molar-refractivity contribution is 0.0945. The number of hydrogen-bond acceptors (Lipinski definition) is 7. The smallest absolute Gasteiger partial charge is 0.255 e. The summed E-state index contributed by atoms with van der Waals surface area (Å²) in [6.45, 7) is 1.76. The largest absolute Gasteiger partial charge is 0.485 e. The van der Waals surface area contributed by atoms with Gasteiger partial charge in [-0.25, -0.2) is 12.7 Å². The number of nitrogens with zero attached hydrogens (tertiary/aromatic N) is 3. The molecule has 30 heavy (non-hydrogen) atoms. The molecule has 9 nitrogen and oxygen atoms in total. The van der Waals surface area contributed by atoms with Gasteiger partial charge in [-0.3, -0.25) is 4.79 Å². The maximum Gasteiger partial charge on any atom is 0.255 e. The Bertz CT molecular complexity index is 1140. The van der Waals surface area contributed by atoms with Crippen molar-refractivity contribution in [2.24, 2.45) is 0 Å². The molecule has 0 fully saturated rings. The summed E-state index contributed by atoms with van der Waals surface area (Å²) < 4.78 is 36.7. The minimum absolute atomic E-state index is 0.0421. The van der Waals surface area contributed by atoms with Crippen molar-refractivity contribution in [3.8, 4) is 5.75 Å². The van der Waals surface area contributed by atoms with Crippen LogP contribution in [0.3, 0.4) is 0 Å². The van der Waals surface area contributed by atoms with Crippen LogP contribution in [-0.4, -0.2) is 42.9 Å². The van der Waals surface area contributed by atoms with E-state index in [0.29, 0.717) is 28.6 Å². The van der Waals surface area contributed by atoms with Crippen LogP contribution < -0.4 is 10.1 Å². The maximum absolute atomic E-state index is 12.7. The van der Waals surface area contributed by atoms with E-state index >= 15 is 0 Å². The molecule has 1 N–H and O–H groups in total. The summed E-state index contributed by atoms with van der Waals surface area (Å²) in [5.74, 6) is 0.745. The number of nitrogens with one attached hydrogen (secondary N) is 1. The van der Waals surface area contributed by atoms with Gasteiger partial charge in [-0.05, 0) is 23.8 Å². The zero-order valence-electron chi connectivity index (χ0n) is 16.8. The monoisotopic (exact) mass is 430 g/mol. The molecule has 0 unspecified atom stereocenters. The van der Waals surface area contributed by atoms with Crippen molar-refractivity contribution >= 4 is 15.9 Å². The molecular formula is C20H22N4O5S. The minimum Gasteiger partial charge on any atom is -0.485 e. The molecule has 0 aliphatic heterocycles. The third-order valence-electron chi connectivity index (χ3n) is 4.23. The molecule has 1 aromatic heterocycles. The van der Waals surface area contributed by atoms with Crippen molar-refractivity contribution in [1.29, 1.82) is 0 Å². The van der Waals surface area contributed by atoms with Crippen LogP contribution >= 0.6 is 0 Å². The van der Waals surface area contributed by atoms with E-state index in [9.17, 15) is 13.2 Å². The second-order valence-corrected chi connectivity index (χ2v) is 8.71. The van der Waals surface area contributed by atoms with Crippen LogP contribution in [0, 0.1) is 6.92 Å². The number of sulfonamides is 1. The quantitative estimate of drug-likeness (QED) is 0.582. The number of rotatable bonds is 8. The number of hydrogen-bond donors (Lipinski definition) is 1. The lowest BCUT2D eigenvalue weighted by atomic mass is 10.1. The SMILES string of the molecule is Cc1nc(COc2ccccc2C(=O)NCc2ccccc2S(=O)(=O)N(C)C)no1. The Morgan fingerprint density at radius 2 is 1.83 bits per heavy atom. The summed E-state index contributed by atoms with van der Waals surface area (Å²) in [5, 5.41) is 6.51. The Morgan fingerprint density at radius 3 is 2.53 bits per heavy atom. The summed E-state index contributed by atoms with van der Waals surface area (Å²) in [5.41, 5.74) is 0.797. The van der Waals surface area contributed by atoms with Crippen LogP contribution in [0.25, 0.3) is 0 Å². The Kier molecular flexibility index (Phi) is 6.48. The second kappa shape index (κ2) is 9.06. The second-order valence-electron chi connectivity index (χ2n) is 6.59. The molecule has 0 saturated carbocycles. The van der Waals surface area contributed by atoms with Gasteiger partial charge < -0.3 is 14.6 Å². The van der Waals surface area contributed by atoms with Crippen LogP contribution in [0.1, 0.15) is 27.6 Å². The molecule has 2 aromatic carbocycles. The summed E-state index contributed by atoms with van der Waals surface area (Å²) in [6, 6.07) is 13.3. The normalized spacial score (nSPS) is 11.5. The molecule has 0 spiro atoms. The number of carbonyl (C=O) groups excluding carboxylic acids is 1. The van der Waals surface area contributed by atoms with Gasteiger partial charge in [0.25, 0.3) is 5.91 Å². The van der Waals surface area contributed by atoms with E-state index in [2.05, 4.69) is 15.5 Å². The lowest BCUT2D eigenvalue weighted by Gasteiger charge is -2.16. The molecule has 158 valence electrons. The van der Waals surface area contributed by atoms with Crippen LogP contribution in [0.15, 0.2) is 57.9 Å². The molecule has 0 aliphatic carbocycles. The highest BCUT2D eigenvalue weighted by Crippen LogP contribution is 2.21. The molecule has 0 bridgehead atoms. The minimum atomic E-state index is -3.63. The van der Waals surface area contributed by atoms with Crippen molar-refractivity contribution in [2.45, 2.75) is 25.0 Å². The van der Waals surface area contributed by atoms with Gasteiger partial charge in [-0.2, -0.15) is 4.98 Å². The van der Waals surface area contributed by atoms with Crippen molar-refractivity contribution < 1.29 is 22.5 Å². The van der Waals surface area contributed by atoms with Crippen LogP contribution in [-0.2, 0) is 23.2 Å². The van der Waals surface area contributed by atoms with Crippen molar-refractivity contribution in [2.75, 3.05) is 14.1 Å². The third-order valence-corrected chi connectivity index (χ3v) is 6.14. The van der Waals surface area contributed by atoms with Crippen LogP contribution in [0.4, 0.5) is 0 Å². The van der Waals surface area contributed by atoms with E-state index in [1.54, 1.807) is 49.4 Å². The van der Waals surface area contributed by atoms with Crippen molar-refractivity contribution in [1.82, 2.24) is 19.8 Å². The fourth-order valence-corrected chi connectivity index (χ4v) is 3.81. The van der Waals surface area contributed by atoms with E-state index in [-0.39, 0.29) is 18.0 Å². The summed E-state index contributed by atoms with van der Waals surface area (Å²) in [4.78, 5) is 17.0. The van der Waals surface area contributed by atoms with Crippen LogP contribution in [0.2, 0.25) is 0 Å². The Hall–Kier alpha value is -3.24. The van der Waals surface area contributed by atoms with Gasteiger partial charge in [-0.1, -0.05) is 35.5 Å². The first kappa shape index (κ1) is 21.5. The fraction of sp³-hybridized carbons (Fsp3) is 0.250. The summed E-state index contributed by atoms with van der Waals surface area (Å²) in [7, 11) is -0.707. The van der Waals surface area contributed by atoms with Gasteiger partial charge in [0.1, 0.15) is 5.75 Å². The molecule has 0 radical (unpaired) electrons. The highest BCUT2D eigenvalue weighted by atomic mass is 32.2.